The Bertz CT molecular complexity index is 545. The summed E-state index contributed by atoms with van der Waals surface area (Å²) in [5, 5.41) is 13.1. The summed E-state index contributed by atoms with van der Waals surface area (Å²) >= 11 is 0. The number of nitrogens with zero attached hydrogens (tertiary/aromatic N) is 3. The third kappa shape index (κ3) is 7.94. The van der Waals surface area contributed by atoms with Gasteiger partial charge >= 0.3 is 0 Å². The van der Waals surface area contributed by atoms with E-state index in [1.807, 2.05) is 41.5 Å². The zero-order valence-electron chi connectivity index (χ0n) is 15.6. The summed E-state index contributed by atoms with van der Waals surface area (Å²) in [6, 6.07) is 0. The molecule has 1 heterocycles. The molecule has 0 aromatic carbocycles. The molecule has 1 aromatic heterocycles. The lowest BCUT2D eigenvalue weighted by Crippen LogP contribution is -2.43. The molecule has 0 fully saturated rings. The van der Waals surface area contributed by atoms with Gasteiger partial charge in [-0.15, -0.1) is 0 Å². The van der Waals surface area contributed by atoms with Crippen molar-refractivity contribution in [1.29, 1.82) is 0 Å². The standard InChI is InChI=1S/C16H30N6O2/c1-7-17-15(19-10-12(23)21-16(4,5)6)18-9-8-13-20-14(11(2)3)22-24-13/h11H,7-10H2,1-6H3,(H,21,23)(H2,17,18,19). The smallest absolute Gasteiger partial charge is 0.242 e. The van der Waals surface area contributed by atoms with Crippen LogP contribution in [0.1, 0.15) is 59.2 Å². The fourth-order valence-corrected chi connectivity index (χ4v) is 1.84. The Morgan fingerprint density at radius 2 is 2.00 bits per heavy atom. The van der Waals surface area contributed by atoms with Crippen molar-refractivity contribution in [2.75, 3.05) is 19.6 Å². The molecule has 0 atom stereocenters. The van der Waals surface area contributed by atoms with Crippen LogP contribution >= 0.6 is 0 Å². The molecular formula is C16H30N6O2. The van der Waals surface area contributed by atoms with Crippen molar-refractivity contribution in [3.63, 3.8) is 0 Å². The lowest BCUT2D eigenvalue weighted by molar-refractivity contribution is -0.121. The maximum atomic E-state index is 11.8. The van der Waals surface area contributed by atoms with E-state index in [1.165, 1.54) is 0 Å². The van der Waals surface area contributed by atoms with Crippen LogP contribution in [-0.2, 0) is 11.2 Å². The molecule has 1 aromatic rings. The zero-order valence-corrected chi connectivity index (χ0v) is 15.6. The first-order chi connectivity index (χ1) is 11.2. The highest BCUT2D eigenvalue weighted by Gasteiger charge is 2.13. The van der Waals surface area contributed by atoms with Gasteiger partial charge in [-0.2, -0.15) is 4.98 Å². The number of guanidine groups is 1. The SMILES string of the molecule is CCNC(=NCC(=O)NC(C)(C)C)NCCc1nc(C(C)C)no1. The minimum Gasteiger partial charge on any atom is -0.357 e. The molecule has 0 aliphatic carbocycles. The first-order valence-electron chi connectivity index (χ1n) is 8.37. The summed E-state index contributed by atoms with van der Waals surface area (Å²) in [6.07, 6.45) is 0.596. The monoisotopic (exact) mass is 338 g/mol. The van der Waals surface area contributed by atoms with Crippen molar-refractivity contribution in [1.82, 2.24) is 26.1 Å². The third-order valence-electron chi connectivity index (χ3n) is 2.87. The average molecular weight is 338 g/mol. The summed E-state index contributed by atoms with van der Waals surface area (Å²) < 4.78 is 5.20. The maximum absolute atomic E-state index is 11.8. The molecule has 0 saturated carbocycles. The van der Waals surface area contributed by atoms with Crippen molar-refractivity contribution >= 4 is 11.9 Å². The van der Waals surface area contributed by atoms with Crippen molar-refractivity contribution in [2.24, 2.45) is 4.99 Å². The molecule has 0 saturated heterocycles. The Morgan fingerprint density at radius 1 is 1.29 bits per heavy atom. The van der Waals surface area contributed by atoms with E-state index in [4.69, 9.17) is 4.52 Å². The fourth-order valence-electron chi connectivity index (χ4n) is 1.84. The second-order valence-corrected chi connectivity index (χ2v) is 6.87. The van der Waals surface area contributed by atoms with E-state index in [9.17, 15) is 4.79 Å². The molecule has 24 heavy (non-hydrogen) atoms. The van der Waals surface area contributed by atoms with Gasteiger partial charge in [-0.3, -0.25) is 4.79 Å². The van der Waals surface area contributed by atoms with Crippen LogP contribution in [0.5, 0.6) is 0 Å². The highest BCUT2D eigenvalue weighted by molar-refractivity contribution is 5.85. The first-order valence-corrected chi connectivity index (χ1v) is 8.37. The minimum atomic E-state index is -0.259. The van der Waals surface area contributed by atoms with Crippen LogP contribution in [0.15, 0.2) is 9.52 Å². The molecule has 0 unspecified atom stereocenters. The van der Waals surface area contributed by atoms with E-state index < -0.39 is 0 Å². The minimum absolute atomic E-state index is 0.0741. The Balaban J connectivity index is 2.47. The number of rotatable bonds is 7. The molecule has 0 aliphatic rings. The number of carbonyl (C=O) groups excluding carboxylic acids is 1. The second kappa shape index (κ2) is 9.24. The molecule has 136 valence electrons. The number of nitrogens with one attached hydrogen (secondary N) is 3. The van der Waals surface area contributed by atoms with Gasteiger partial charge in [0.25, 0.3) is 0 Å². The van der Waals surface area contributed by atoms with Crippen LogP contribution in [0.2, 0.25) is 0 Å². The number of amides is 1. The van der Waals surface area contributed by atoms with E-state index in [-0.39, 0.29) is 23.9 Å². The van der Waals surface area contributed by atoms with Crippen molar-refractivity contribution < 1.29 is 9.32 Å². The molecule has 0 aliphatic heterocycles. The topological polar surface area (TPSA) is 104 Å². The van der Waals surface area contributed by atoms with Gasteiger partial charge in [-0.25, -0.2) is 4.99 Å². The van der Waals surface area contributed by atoms with E-state index >= 15 is 0 Å². The van der Waals surface area contributed by atoms with Crippen LogP contribution in [-0.4, -0.2) is 47.2 Å². The van der Waals surface area contributed by atoms with Crippen LogP contribution in [0.25, 0.3) is 0 Å². The maximum Gasteiger partial charge on any atom is 0.242 e. The molecule has 1 rings (SSSR count). The fraction of sp³-hybridized carbons (Fsp3) is 0.750. The van der Waals surface area contributed by atoms with Gasteiger partial charge in [0.05, 0.1) is 0 Å². The summed E-state index contributed by atoms with van der Waals surface area (Å²) in [4.78, 5) is 20.4. The zero-order chi connectivity index (χ0) is 18.2. The van der Waals surface area contributed by atoms with Gasteiger partial charge in [0.1, 0.15) is 6.54 Å². The number of hydrogen-bond acceptors (Lipinski definition) is 5. The molecule has 0 radical (unpaired) electrons. The van der Waals surface area contributed by atoms with E-state index in [0.29, 0.717) is 37.2 Å². The third-order valence-corrected chi connectivity index (χ3v) is 2.87. The van der Waals surface area contributed by atoms with Crippen LogP contribution in [0.4, 0.5) is 0 Å². The molecule has 8 nitrogen and oxygen atoms in total. The largest absolute Gasteiger partial charge is 0.357 e. The molecule has 0 spiro atoms. The highest BCUT2D eigenvalue weighted by Crippen LogP contribution is 2.09. The number of carbonyl (C=O) groups is 1. The van der Waals surface area contributed by atoms with Crippen LogP contribution in [0, 0.1) is 0 Å². The van der Waals surface area contributed by atoms with Gasteiger partial charge in [-0.1, -0.05) is 19.0 Å². The lowest BCUT2D eigenvalue weighted by atomic mass is 10.1. The average Bonchev–Trinajstić information content (AvgIpc) is 2.92. The first kappa shape index (κ1) is 19.9. The van der Waals surface area contributed by atoms with Crippen molar-refractivity contribution in [3.8, 4) is 0 Å². The molecule has 1 amide bonds. The normalized spacial score (nSPS) is 12.4. The Morgan fingerprint density at radius 3 is 2.54 bits per heavy atom. The van der Waals surface area contributed by atoms with Gasteiger partial charge < -0.3 is 20.5 Å². The van der Waals surface area contributed by atoms with Gasteiger partial charge in [0.15, 0.2) is 11.8 Å². The lowest BCUT2D eigenvalue weighted by Gasteiger charge is -2.20. The van der Waals surface area contributed by atoms with Crippen molar-refractivity contribution in [3.05, 3.63) is 11.7 Å². The summed E-state index contributed by atoms with van der Waals surface area (Å²) in [5.74, 6) is 2.02. The van der Waals surface area contributed by atoms with Crippen molar-refractivity contribution in [2.45, 2.75) is 59.4 Å². The highest BCUT2D eigenvalue weighted by atomic mass is 16.5. The quantitative estimate of drug-likeness (QED) is 0.510. The predicted molar refractivity (Wildman–Crippen MR) is 94.0 cm³/mol. The molecular weight excluding hydrogens is 308 g/mol. The Kier molecular flexibility index (Phi) is 7.67. The Hall–Kier alpha value is -2.12. The number of hydrogen-bond donors (Lipinski definition) is 3. The van der Waals surface area contributed by atoms with E-state index in [2.05, 4.69) is 31.1 Å². The molecule has 0 bridgehead atoms. The van der Waals surface area contributed by atoms with E-state index in [1.54, 1.807) is 0 Å². The predicted octanol–water partition coefficient (Wildman–Crippen LogP) is 1.21. The number of aromatic nitrogens is 2. The van der Waals surface area contributed by atoms with E-state index in [0.717, 1.165) is 0 Å². The molecule has 8 heteroatoms. The second-order valence-electron chi connectivity index (χ2n) is 6.87. The Labute approximate surface area is 143 Å². The molecule has 3 N–H and O–H groups in total. The van der Waals surface area contributed by atoms with Crippen LogP contribution < -0.4 is 16.0 Å². The van der Waals surface area contributed by atoms with Gasteiger partial charge in [-0.05, 0) is 27.7 Å². The summed E-state index contributed by atoms with van der Waals surface area (Å²) in [5.41, 5.74) is -0.259. The number of aliphatic imine (C=N–C) groups is 1. The van der Waals surface area contributed by atoms with Crippen LogP contribution in [0.3, 0.4) is 0 Å². The van der Waals surface area contributed by atoms with Gasteiger partial charge in [0, 0.05) is 31.0 Å². The van der Waals surface area contributed by atoms with Gasteiger partial charge in [0.2, 0.25) is 11.8 Å². The summed E-state index contributed by atoms with van der Waals surface area (Å²) in [6.45, 7) is 13.2. The summed E-state index contributed by atoms with van der Waals surface area (Å²) in [7, 11) is 0.